The molecule has 3 rings (SSSR count). The van der Waals surface area contributed by atoms with E-state index in [-0.39, 0.29) is 17.6 Å². The van der Waals surface area contributed by atoms with Crippen LogP contribution in [-0.2, 0) is 11.3 Å². The van der Waals surface area contributed by atoms with E-state index in [1.54, 1.807) is 0 Å². The molecule has 0 bridgehead atoms. The highest BCUT2D eigenvalue weighted by Crippen LogP contribution is 2.16. The van der Waals surface area contributed by atoms with Crippen LogP contribution in [0.3, 0.4) is 0 Å². The summed E-state index contributed by atoms with van der Waals surface area (Å²) in [5.74, 6) is 0. The van der Waals surface area contributed by atoms with Crippen LogP contribution in [0.4, 0.5) is 4.79 Å². The number of rotatable bonds is 6. The molecule has 6 heteroatoms. The molecule has 2 aliphatic rings. The summed E-state index contributed by atoms with van der Waals surface area (Å²) in [6.45, 7) is 11.5. The van der Waals surface area contributed by atoms with Gasteiger partial charge in [-0.2, -0.15) is 0 Å². The number of ether oxygens (including phenoxy) is 1. The van der Waals surface area contributed by atoms with Gasteiger partial charge in [-0.3, -0.25) is 9.80 Å². The maximum atomic E-state index is 12.3. The summed E-state index contributed by atoms with van der Waals surface area (Å²) in [6, 6.07) is 10.8. The molecule has 0 aromatic heterocycles. The summed E-state index contributed by atoms with van der Waals surface area (Å²) in [5, 5.41) is 6.23. The zero-order valence-electron chi connectivity index (χ0n) is 16.7. The highest BCUT2D eigenvalue weighted by Gasteiger charge is 2.29. The van der Waals surface area contributed by atoms with E-state index in [0.29, 0.717) is 6.54 Å². The Morgan fingerprint density at radius 3 is 2.44 bits per heavy atom. The predicted molar refractivity (Wildman–Crippen MR) is 108 cm³/mol. The number of amides is 2. The van der Waals surface area contributed by atoms with Gasteiger partial charge in [-0.05, 0) is 32.3 Å². The fourth-order valence-corrected chi connectivity index (χ4v) is 3.89. The van der Waals surface area contributed by atoms with Gasteiger partial charge in [0.25, 0.3) is 0 Å². The largest absolute Gasteiger partial charge is 0.379 e. The van der Waals surface area contributed by atoms with E-state index in [4.69, 9.17) is 4.74 Å². The average molecular weight is 375 g/mol. The molecule has 27 heavy (non-hydrogen) atoms. The molecule has 2 N–H and O–H groups in total. The van der Waals surface area contributed by atoms with Gasteiger partial charge in [0.05, 0.1) is 13.2 Å². The molecule has 1 aromatic carbocycles. The minimum atomic E-state index is -0.0554. The summed E-state index contributed by atoms with van der Waals surface area (Å²) < 4.78 is 5.42. The Balaban J connectivity index is 1.35. The van der Waals surface area contributed by atoms with Gasteiger partial charge < -0.3 is 15.4 Å². The molecule has 0 radical (unpaired) electrons. The van der Waals surface area contributed by atoms with Crippen molar-refractivity contribution in [1.82, 2.24) is 20.4 Å². The van der Waals surface area contributed by atoms with Crippen molar-refractivity contribution in [2.45, 2.75) is 44.8 Å². The molecule has 0 unspecified atom stereocenters. The summed E-state index contributed by atoms with van der Waals surface area (Å²) in [4.78, 5) is 17.2. The second-order valence-corrected chi connectivity index (χ2v) is 8.27. The van der Waals surface area contributed by atoms with Crippen LogP contribution in [0.5, 0.6) is 0 Å². The SMILES string of the molecule is CC(C)(CNC(=O)NC1CCN(Cc2ccccc2)CC1)N1CCOCC1. The van der Waals surface area contributed by atoms with Crippen molar-refractivity contribution in [1.29, 1.82) is 0 Å². The van der Waals surface area contributed by atoms with Crippen molar-refractivity contribution in [3.05, 3.63) is 35.9 Å². The molecule has 2 aliphatic heterocycles. The minimum absolute atomic E-state index is 0.0437. The van der Waals surface area contributed by atoms with Gasteiger partial charge in [0.1, 0.15) is 0 Å². The first-order valence-electron chi connectivity index (χ1n) is 10.2. The lowest BCUT2D eigenvalue weighted by atomic mass is 10.0. The van der Waals surface area contributed by atoms with E-state index in [1.807, 2.05) is 0 Å². The lowest BCUT2D eigenvalue weighted by molar-refractivity contribution is -0.00878. The van der Waals surface area contributed by atoms with Crippen molar-refractivity contribution < 1.29 is 9.53 Å². The molecular weight excluding hydrogens is 340 g/mol. The molecule has 2 heterocycles. The number of hydrogen-bond acceptors (Lipinski definition) is 4. The molecule has 6 nitrogen and oxygen atoms in total. The highest BCUT2D eigenvalue weighted by atomic mass is 16.5. The zero-order valence-corrected chi connectivity index (χ0v) is 16.7. The molecule has 0 spiro atoms. The Bertz CT molecular complexity index is 579. The number of nitrogens with one attached hydrogen (secondary N) is 2. The molecule has 150 valence electrons. The number of piperidine rings is 1. The zero-order chi connectivity index (χ0) is 19.1. The predicted octanol–water partition coefficient (Wildman–Crippen LogP) is 2.06. The van der Waals surface area contributed by atoms with Crippen LogP contribution in [0.2, 0.25) is 0 Å². The second kappa shape index (κ2) is 9.53. The summed E-state index contributed by atoms with van der Waals surface area (Å²) >= 11 is 0. The Labute approximate surface area is 163 Å². The third-order valence-electron chi connectivity index (χ3n) is 5.72. The maximum Gasteiger partial charge on any atom is 0.315 e. The van der Waals surface area contributed by atoms with Crippen LogP contribution in [0, 0.1) is 0 Å². The average Bonchev–Trinajstić information content (AvgIpc) is 2.70. The van der Waals surface area contributed by atoms with Crippen LogP contribution in [0.1, 0.15) is 32.3 Å². The number of carbonyl (C=O) groups excluding carboxylic acids is 1. The molecule has 2 saturated heterocycles. The van der Waals surface area contributed by atoms with Crippen LogP contribution in [0.15, 0.2) is 30.3 Å². The van der Waals surface area contributed by atoms with Gasteiger partial charge in [0.15, 0.2) is 0 Å². The van der Waals surface area contributed by atoms with Crippen molar-refractivity contribution in [2.75, 3.05) is 45.9 Å². The first-order valence-corrected chi connectivity index (χ1v) is 10.2. The third-order valence-corrected chi connectivity index (χ3v) is 5.72. The van der Waals surface area contributed by atoms with E-state index in [9.17, 15) is 4.79 Å². The second-order valence-electron chi connectivity index (χ2n) is 8.27. The number of carbonyl (C=O) groups is 1. The quantitative estimate of drug-likeness (QED) is 0.800. The topological polar surface area (TPSA) is 56.8 Å². The number of nitrogens with zero attached hydrogens (tertiary/aromatic N) is 2. The smallest absolute Gasteiger partial charge is 0.315 e. The summed E-state index contributed by atoms with van der Waals surface area (Å²) in [6.07, 6.45) is 2.01. The number of likely N-dealkylation sites (tertiary alicyclic amines) is 1. The van der Waals surface area contributed by atoms with Crippen molar-refractivity contribution >= 4 is 6.03 Å². The summed E-state index contributed by atoms with van der Waals surface area (Å²) in [7, 11) is 0. The number of urea groups is 1. The molecule has 1 aromatic rings. The number of hydrogen-bond donors (Lipinski definition) is 2. The molecular formula is C21H34N4O2. The minimum Gasteiger partial charge on any atom is -0.379 e. The Hall–Kier alpha value is -1.63. The molecule has 0 saturated carbocycles. The Kier molecular flexibility index (Phi) is 7.10. The van der Waals surface area contributed by atoms with Crippen LogP contribution < -0.4 is 10.6 Å². The summed E-state index contributed by atoms with van der Waals surface area (Å²) in [5.41, 5.74) is 1.30. The van der Waals surface area contributed by atoms with Gasteiger partial charge in [-0.15, -0.1) is 0 Å². The third kappa shape index (κ3) is 6.19. The van der Waals surface area contributed by atoms with E-state index in [1.165, 1.54) is 5.56 Å². The van der Waals surface area contributed by atoms with Crippen molar-refractivity contribution in [3.8, 4) is 0 Å². The molecule has 2 amide bonds. The molecule has 0 atom stereocenters. The lowest BCUT2D eigenvalue weighted by Gasteiger charge is -2.41. The monoisotopic (exact) mass is 374 g/mol. The first kappa shape index (κ1) is 20.1. The normalized spacial score (nSPS) is 20.4. The van der Waals surface area contributed by atoms with Gasteiger partial charge >= 0.3 is 6.03 Å². The van der Waals surface area contributed by atoms with Crippen LogP contribution in [-0.4, -0.2) is 73.3 Å². The van der Waals surface area contributed by atoms with E-state index >= 15 is 0 Å². The highest BCUT2D eigenvalue weighted by molar-refractivity contribution is 5.74. The van der Waals surface area contributed by atoms with Crippen molar-refractivity contribution in [3.63, 3.8) is 0 Å². The number of morpholine rings is 1. The first-order chi connectivity index (χ1) is 13.0. The van der Waals surface area contributed by atoms with Crippen molar-refractivity contribution in [2.24, 2.45) is 0 Å². The number of benzene rings is 1. The van der Waals surface area contributed by atoms with Crippen LogP contribution in [0.25, 0.3) is 0 Å². The van der Waals surface area contributed by atoms with Gasteiger partial charge in [0, 0.05) is 50.8 Å². The Morgan fingerprint density at radius 1 is 1.11 bits per heavy atom. The molecule has 0 aliphatic carbocycles. The van der Waals surface area contributed by atoms with E-state index in [2.05, 4.69) is 64.6 Å². The molecule has 2 fully saturated rings. The fraction of sp³-hybridized carbons (Fsp3) is 0.667. The Morgan fingerprint density at radius 2 is 1.78 bits per heavy atom. The standard InChI is InChI=1S/C21H34N4O2/c1-21(2,25-12-14-27-15-13-25)17-22-20(26)23-19-8-10-24(11-9-19)16-18-6-4-3-5-7-18/h3-7,19H,8-17H2,1-2H3,(H2,22,23,26). The fourth-order valence-electron chi connectivity index (χ4n) is 3.89. The maximum absolute atomic E-state index is 12.3. The van der Waals surface area contributed by atoms with E-state index < -0.39 is 0 Å². The van der Waals surface area contributed by atoms with Gasteiger partial charge in [0.2, 0.25) is 0 Å². The van der Waals surface area contributed by atoms with E-state index in [0.717, 1.165) is 58.8 Å². The van der Waals surface area contributed by atoms with Gasteiger partial charge in [-0.25, -0.2) is 4.79 Å². The van der Waals surface area contributed by atoms with Crippen LogP contribution >= 0.6 is 0 Å². The lowest BCUT2D eigenvalue weighted by Crippen LogP contribution is -2.57. The van der Waals surface area contributed by atoms with Gasteiger partial charge in [-0.1, -0.05) is 30.3 Å².